The molecule has 28 heavy (non-hydrogen) atoms. The number of ether oxygens (including phenoxy) is 2. The minimum atomic E-state index is 0.334. The lowest BCUT2D eigenvalue weighted by Gasteiger charge is -2.26. The number of nitrogens with zero attached hydrogens (tertiary/aromatic N) is 2. The Morgan fingerprint density at radius 1 is 1.25 bits per heavy atom. The number of nitrogens with one attached hydrogen (secondary N) is 1. The van der Waals surface area contributed by atoms with Crippen LogP contribution in [-0.4, -0.2) is 52.5 Å². The molecule has 1 N–H and O–H groups in total. The second-order valence-electron chi connectivity index (χ2n) is 8.55. The molecule has 154 valence electrons. The van der Waals surface area contributed by atoms with Gasteiger partial charge in [0.2, 0.25) is 0 Å². The van der Waals surface area contributed by atoms with Gasteiger partial charge in [0, 0.05) is 57.7 Å². The molecular formula is C23H35N3O2. The Kier molecular flexibility index (Phi) is 6.53. The fourth-order valence-electron chi connectivity index (χ4n) is 5.13. The summed E-state index contributed by atoms with van der Waals surface area (Å²) in [5.41, 5.74) is 3.20. The minimum absolute atomic E-state index is 0.334. The van der Waals surface area contributed by atoms with Crippen molar-refractivity contribution in [2.45, 2.75) is 50.4 Å². The van der Waals surface area contributed by atoms with E-state index in [1.807, 2.05) is 7.05 Å². The molecule has 1 saturated heterocycles. The Balaban J connectivity index is 1.26. The van der Waals surface area contributed by atoms with Crippen LogP contribution in [0.15, 0.2) is 29.3 Å². The first kappa shape index (κ1) is 19.7. The highest BCUT2D eigenvalue weighted by atomic mass is 16.5. The van der Waals surface area contributed by atoms with Gasteiger partial charge in [-0.2, -0.15) is 0 Å². The number of hydrogen-bond acceptors (Lipinski definition) is 3. The van der Waals surface area contributed by atoms with E-state index in [-0.39, 0.29) is 0 Å². The summed E-state index contributed by atoms with van der Waals surface area (Å²) < 4.78 is 11.3. The van der Waals surface area contributed by atoms with Crippen molar-refractivity contribution in [2.24, 2.45) is 10.9 Å². The Morgan fingerprint density at radius 3 is 2.82 bits per heavy atom. The molecule has 1 saturated carbocycles. The Hall–Kier alpha value is -1.59. The highest BCUT2D eigenvalue weighted by Gasteiger charge is 2.45. The van der Waals surface area contributed by atoms with Gasteiger partial charge in [-0.15, -0.1) is 0 Å². The van der Waals surface area contributed by atoms with Crippen molar-refractivity contribution in [3.05, 3.63) is 29.8 Å². The lowest BCUT2D eigenvalue weighted by atomic mass is 9.81. The molecule has 1 aliphatic carbocycles. The van der Waals surface area contributed by atoms with Crippen LogP contribution in [0, 0.1) is 5.92 Å². The maximum absolute atomic E-state index is 5.90. The third-order valence-corrected chi connectivity index (χ3v) is 6.70. The van der Waals surface area contributed by atoms with Crippen molar-refractivity contribution >= 4 is 11.6 Å². The predicted octanol–water partition coefficient (Wildman–Crippen LogP) is 3.73. The van der Waals surface area contributed by atoms with E-state index >= 15 is 0 Å². The minimum Gasteiger partial charge on any atom is -0.381 e. The van der Waals surface area contributed by atoms with Crippen LogP contribution in [0.4, 0.5) is 5.69 Å². The lowest BCUT2D eigenvalue weighted by Crippen LogP contribution is -2.43. The summed E-state index contributed by atoms with van der Waals surface area (Å²) in [5.74, 6) is 1.68. The Morgan fingerprint density at radius 2 is 2.04 bits per heavy atom. The second kappa shape index (κ2) is 9.27. The van der Waals surface area contributed by atoms with Gasteiger partial charge in [-0.3, -0.25) is 4.99 Å². The number of hydrogen-bond donors (Lipinski definition) is 1. The van der Waals surface area contributed by atoms with E-state index in [2.05, 4.69) is 39.5 Å². The molecular weight excluding hydrogens is 350 g/mol. The largest absolute Gasteiger partial charge is 0.381 e. The van der Waals surface area contributed by atoms with E-state index in [1.165, 1.54) is 36.9 Å². The molecule has 5 nitrogen and oxygen atoms in total. The highest BCUT2D eigenvalue weighted by Crippen LogP contribution is 2.50. The van der Waals surface area contributed by atoms with Gasteiger partial charge in [0.1, 0.15) is 0 Å². The van der Waals surface area contributed by atoms with E-state index in [9.17, 15) is 0 Å². The highest BCUT2D eigenvalue weighted by molar-refractivity contribution is 5.98. The standard InChI is InChI=1S/C23H35N3O2/c1-24-22(25-13-6-14-28-17-19-9-15-27-16-10-19)26-18-23(11-4-5-12-23)20-7-2-3-8-21(20)26/h2-3,7-8,19H,4-6,9-18H2,1H3,(H,24,25). The monoisotopic (exact) mass is 385 g/mol. The Bertz CT molecular complexity index is 664. The van der Waals surface area contributed by atoms with Gasteiger partial charge in [0.25, 0.3) is 0 Å². The van der Waals surface area contributed by atoms with Gasteiger partial charge in [0.05, 0.1) is 0 Å². The summed E-state index contributed by atoms with van der Waals surface area (Å²) in [4.78, 5) is 7.00. The molecule has 2 aliphatic heterocycles. The zero-order valence-electron chi connectivity index (χ0n) is 17.3. The molecule has 1 aromatic rings. The first-order valence-electron chi connectivity index (χ1n) is 11.1. The van der Waals surface area contributed by atoms with Gasteiger partial charge in [-0.05, 0) is 49.7 Å². The third-order valence-electron chi connectivity index (χ3n) is 6.70. The van der Waals surface area contributed by atoms with Crippen LogP contribution in [-0.2, 0) is 14.9 Å². The molecule has 3 aliphatic rings. The number of benzene rings is 1. The van der Waals surface area contributed by atoms with Crippen LogP contribution in [0.25, 0.3) is 0 Å². The molecule has 2 fully saturated rings. The van der Waals surface area contributed by atoms with Crippen LogP contribution in [0.5, 0.6) is 0 Å². The normalized spacial score (nSPS) is 22.0. The smallest absolute Gasteiger partial charge is 0.198 e. The van der Waals surface area contributed by atoms with Gasteiger partial charge in [0.15, 0.2) is 5.96 Å². The zero-order chi connectivity index (χ0) is 19.2. The molecule has 1 spiro atoms. The van der Waals surface area contributed by atoms with Crippen molar-refractivity contribution in [1.29, 1.82) is 0 Å². The average molecular weight is 386 g/mol. The van der Waals surface area contributed by atoms with Crippen molar-refractivity contribution in [1.82, 2.24) is 5.32 Å². The zero-order valence-corrected chi connectivity index (χ0v) is 17.3. The summed E-state index contributed by atoms with van der Waals surface area (Å²) in [5, 5.41) is 3.57. The van der Waals surface area contributed by atoms with Crippen molar-refractivity contribution in [2.75, 3.05) is 51.5 Å². The van der Waals surface area contributed by atoms with Crippen LogP contribution in [0.1, 0.15) is 50.5 Å². The first-order valence-corrected chi connectivity index (χ1v) is 11.1. The van der Waals surface area contributed by atoms with E-state index in [4.69, 9.17) is 9.47 Å². The molecule has 0 radical (unpaired) electrons. The van der Waals surface area contributed by atoms with Crippen LogP contribution < -0.4 is 10.2 Å². The summed E-state index contributed by atoms with van der Waals surface area (Å²) in [6.07, 6.45) is 8.58. The summed E-state index contributed by atoms with van der Waals surface area (Å²) >= 11 is 0. The Labute approximate surface area is 169 Å². The number of fused-ring (bicyclic) bond motifs is 2. The molecule has 0 amide bonds. The fourth-order valence-corrected chi connectivity index (χ4v) is 5.13. The number of guanidine groups is 1. The predicted molar refractivity (Wildman–Crippen MR) is 114 cm³/mol. The van der Waals surface area contributed by atoms with Crippen molar-refractivity contribution in [3.63, 3.8) is 0 Å². The quantitative estimate of drug-likeness (QED) is 0.460. The van der Waals surface area contributed by atoms with Gasteiger partial charge >= 0.3 is 0 Å². The molecule has 2 heterocycles. The third kappa shape index (κ3) is 4.20. The summed E-state index contributed by atoms with van der Waals surface area (Å²) in [7, 11) is 1.90. The molecule has 0 unspecified atom stereocenters. The number of aliphatic imine (C=N–C) groups is 1. The number of para-hydroxylation sites is 1. The molecule has 1 aromatic carbocycles. The van der Waals surface area contributed by atoms with Gasteiger partial charge in [-0.25, -0.2) is 0 Å². The van der Waals surface area contributed by atoms with E-state index in [1.54, 1.807) is 0 Å². The molecule has 0 aromatic heterocycles. The van der Waals surface area contributed by atoms with E-state index in [0.29, 0.717) is 11.3 Å². The van der Waals surface area contributed by atoms with E-state index < -0.39 is 0 Å². The molecule has 5 heteroatoms. The first-order chi connectivity index (χ1) is 13.8. The maximum atomic E-state index is 5.90. The van der Waals surface area contributed by atoms with E-state index in [0.717, 1.165) is 64.7 Å². The SMILES string of the molecule is CN=C(NCCCOCC1CCOCC1)N1CC2(CCCC2)c2ccccc21. The van der Waals surface area contributed by atoms with Crippen molar-refractivity contribution < 1.29 is 9.47 Å². The van der Waals surface area contributed by atoms with Crippen LogP contribution >= 0.6 is 0 Å². The number of anilines is 1. The molecule has 0 bridgehead atoms. The average Bonchev–Trinajstić information content (AvgIpc) is 3.34. The molecule has 4 rings (SSSR count). The number of rotatable bonds is 6. The maximum Gasteiger partial charge on any atom is 0.198 e. The lowest BCUT2D eigenvalue weighted by molar-refractivity contribution is 0.0203. The van der Waals surface area contributed by atoms with Gasteiger partial charge in [-0.1, -0.05) is 31.0 Å². The topological polar surface area (TPSA) is 46.1 Å². The van der Waals surface area contributed by atoms with Crippen LogP contribution in [0.3, 0.4) is 0 Å². The summed E-state index contributed by atoms with van der Waals surface area (Å²) in [6, 6.07) is 8.93. The molecule has 0 atom stereocenters. The van der Waals surface area contributed by atoms with Gasteiger partial charge < -0.3 is 19.7 Å². The van der Waals surface area contributed by atoms with Crippen LogP contribution in [0.2, 0.25) is 0 Å². The second-order valence-corrected chi connectivity index (χ2v) is 8.55. The summed E-state index contributed by atoms with van der Waals surface area (Å²) in [6.45, 7) is 5.43. The van der Waals surface area contributed by atoms with Crippen molar-refractivity contribution in [3.8, 4) is 0 Å². The fraction of sp³-hybridized carbons (Fsp3) is 0.696.